The summed E-state index contributed by atoms with van der Waals surface area (Å²) in [6, 6.07) is 16.8. The highest BCUT2D eigenvalue weighted by Gasteiger charge is 2.21. The van der Waals surface area contributed by atoms with Gasteiger partial charge < -0.3 is 4.90 Å². The summed E-state index contributed by atoms with van der Waals surface area (Å²) in [5.41, 5.74) is 3.69. The number of benzene rings is 2. The molecule has 5 nitrogen and oxygen atoms in total. The van der Waals surface area contributed by atoms with Crippen molar-refractivity contribution in [3.05, 3.63) is 64.7 Å². The number of nitrogens with zero attached hydrogens (tertiary/aromatic N) is 4. The van der Waals surface area contributed by atoms with E-state index in [9.17, 15) is 4.79 Å². The quantitative estimate of drug-likeness (QED) is 0.627. The van der Waals surface area contributed by atoms with Crippen LogP contribution < -0.4 is 0 Å². The van der Waals surface area contributed by atoms with E-state index >= 15 is 0 Å². The monoisotopic (exact) mass is 408 g/mol. The number of carbonyl (C=O) groups excluding carboxylic acids is 1. The number of rotatable bonds is 6. The highest BCUT2D eigenvalue weighted by molar-refractivity contribution is 7.18. The fraction of sp³-hybridized carbons (Fsp3) is 0.391. The van der Waals surface area contributed by atoms with Crippen molar-refractivity contribution in [2.45, 2.75) is 20.0 Å². The number of hydrogen-bond donors (Lipinski definition) is 0. The highest BCUT2D eigenvalue weighted by Crippen LogP contribution is 2.22. The van der Waals surface area contributed by atoms with Gasteiger partial charge in [0.05, 0.1) is 23.3 Å². The fourth-order valence-corrected chi connectivity index (χ4v) is 4.79. The Kier molecular flexibility index (Phi) is 6.23. The lowest BCUT2D eigenvalue weighted by atomic mass is 10.1. The minimum atomic E-state index is 0.163. The second kappa shape index (κ2) is 9.03. The number of aryl methyl sites for hydroxylation is 1. The van der Waals surface area contributed by atoms with Gasteiger partial charge in [-0.1, -0.05) is 42.0 Å². The first-order valence-corrected chi connectivity index (χ1v) is 11.0. The largest absolute Gasteiger partial charge is 0.338 e. The van der Waals surface area contributed by atoms with E-state index in [1.807, 2.05) is 25.2 Å². The van der Waals surface area contributed by atoms with Crippen LogP contribution in [0.1, 0.15) is 16.1 Å². The molecule has 29 heavy (non-hydrogen) atoms. The predicted molar refractivity (Wildman–Crippen MR) is 119 cm³/mol. The van der Waals surface area contributed by atoms with Crippen molar-refractivity contribution in [2.75, 3.05) is 39.8 Å². The molecule has 152 valence electrons. The van der Waals surface area contributed by atoms with E-state index < -0.39 is 0 Å². The number of aromatic nitrogens is 1. The SMILES string of the molecule is Cc1cccc(CN2CCN(CC(=O)N(C)Cc3nc4ccccc4s3)CC2)c1. The smallest absolute Gasteiger partial charge is 0.236 e. The first kappa shape index (κ1) is 20.0. The second-order valence-electron chi connectivity index (χ2n) is 7.87. The van der Waals surface area contributed by atoms with Crippen molar-refractivity contribution in [1.29, 1.82) is 0 Å². The molecule has 2 heterocycles. The highest BCUT2D eigenvalue weighted by atomic mass is 32.1. The first-order chi connectivity index (χ1) is 14.1. The van der Waals surface area contributed by atoms with Gasteiger partial charge in [0.1, 0.15) is 5.01 Å². The lowest BCUT2D eigenvalue weighted by molar-refractivity contribution is -0.132. The van der Waals surface area contributed by atoms with Crippen LogP contribution in [-0.4, -0.2) is 65.4 Å². The van der Waals surface area contributed by atoms with Crippen LogP contribution in [0.15, 0.2) is 48.5 Å². The molecule has 1 amide bonds. The van der Waals surface area contributed by atoms with Crippen molar-refractivity contribution >= 4 is 27.5 Å². The van der Waals surface area contributed by atoms with Crippen LogP contribution in [0.2, 0.25) is 0 Å². The molecule has 0 unspecified atom stereocenters. The number of piperazine rings is 1. The lowest BCUT2D eigenvalue weighted by Gasteiger charge is -2.35. The van der Waals surface area contributed by atoms with Crippen molar-refractivity contribution in [3.63, 3.8) is 0 Å². The third-order valence-corrected chi connectivity index (χ3v) is 6.47. The van der Waals surface area contributed by atoms with Gasteiger partial charge in [0.2, 0.25) is 5.91 Å². The normalized spacial score (nSPS) is 15.7. The van der Waals surface area contributed by atoms with E-state index in [4.69, 9.17) is 0 Å². The van der Waals surface area contributed by atoms with Gasteiger partial charge in [0, 0.05) is 39.8 Å². The number of carbonyl (C=O) groups is 1. The summed E-state index contributed by atoms with van der Waals surface area (Å²) in [5.74, 6) is 0.163. The maximum absolute atomic E-state index is 12.7. The molecule has 1 aliphatic rings. The molecule has 1 aromatic heterocycles. The average Bonchev–Trinajstić information content (AvgIpc) is 3.11. The third-order valence-electron chi connectivity index (χ3n) is 5.45. The molecule has 0 saturated carbocycles. The molecule has 0 bridgehead atoms. The van der Waals surface area contributed by atoms with Crippen molar-refractivity contribution in [3.8, 4) is 0 Å². The molecule has 4 rings (SSSR count). The van der Waals surface area contributed by atoms with Crippen LogP contribution in [0.25, 0.3) is 10.2 Å². The number of hydrogen-bond acceptors (Lipinski definition) is 5. The summed E-state index contributed by atoms with van der Waals surface area (Å²) in [4.78, 5) is 23.9. The van der Waals surface area contributed by atoms with E-state index in [1.54, 1.807) is 16.2 Å². The van der Waals surface area contributed by atoms with Gasteiger partial charge in [0.25, 0.3) is 0 Å². The van der Waals surface area contributed by atoms with Crippen LogP contribution in [0, 0.1) is 6.92 Å². The zero-order valence-corrected chi connectivity index (χ0v) is 18.0. The summed E-state index contributed by atoms with van der Waals surface area (Å²) < 4.78 is 1.17. The number of likely N-dealkylation sites (N-methyl/N-ethyl adjacent to an activating group) is 1. The number of para-hydroxylation sites is 1. The van der Waals surface area contributed by atoms with Crippen LogP contribution >= 0.6 is 11.3 Å². The van der Waals surface area contributed by atoms with Gasteiger partial charge >= 0.3 is 0 Å². The molecule has 2 aromatic carbocycles. The Morgan fingerprint density at radius 1 is 1.07 bits per heavy atom. The lowest BCUT2D eigenvalue weighted by Crippen LogP contribution is -2.49. The Morgan fingerprint density at radius 2 is 1.83 bits per heavy atom. The van der Waals surface area contributed by atoms with Gasteiger partial charge in [-0.3, -0.25) is 14.6 Å². The van der Waals surface area contributed by atoms with Crippen LogP contribution in [0.5, 0.6) is 0 Å². The Labute approximate surface area is 176 Å². The molecule has 0 spiro atoms. The molecule has 0 N–H and O–H groups in total. The maximum Gasteiger partial charge on any atom is 0.236 e. The molecular formula is C23H28N4OS. The van der Waals surface area contributed by atoms with E-state index in [0.29, 0.717) is 13.1 Å². The summed E-state index contributed by atoms with van der Waals surface area (Å²) in [6.45, 7) is 8.06. The van der Waals surface area contributed by atoms with E-state index in [1.165, 1.54) is 15.8 Å². The average molecular weight is 409 g/mol. The van der Waals surface area contributed by atoms with Gasteiger partial charge in [0.15, 0.2) is 0 Å². The van der Waals surface area contributed by atoms with Crippen LogP contribution in [0.4, 0.5) is 0 Å². The Balaban J connectivity index is 1.24. The predicted octanol–water partition coefficient (Wildman–Crippen LogP) is 3.38. The van der Waals surface area contributed by atoms with E-state index in [0.717, 1.165) is 43.2 Å². The Morgan fingerprint density at radius 3 is 2.59 bits per heavy atom. The summed E-state index contributed by atoms with van der Waals surface area (Å²) in [5, 5.41) is 0.991. The van der Waals surface area contributed by atoms with Crippen molar-refractivity contribution < 1.29 is 4.79 Å². The standard InChI is InChI=1S/C23H28N4OS/c1-18-6-5-7-19(14-18)15-26-10-12-27(13-11-26)17-23(28)25(2)16-22-24-20-8-3-4-9-21(20)29-22/h3-9,14H,10-13,15-17H2,1-2H3. The molecule has 0 radical (unpaired) electrons. The first-order valence-electron chi connectivity index (χ1n) is 10.2. The molecule has 1 saturated heterocycles. The third kappa shape index (κ3) is 5.21. The molecule has 0 atom stereocenters. The number of thiazole rings is 1. The second-order valence-corrected chi connectivity index (χ2v) is 8.98. The molecule has 3 aromatic rings. The minimum absolute atomic E-state index is 0.163. The van der Waals surface area contributed by atoms with Gasteiger partial charge in [-0.15, -0.1) is 11.3 Å². The molecular weight excluding hydrogens is 380 g/mol. The minimum Gasteiger partial charge on any atom is -0.338 e. The maximum atomic E-state index is 12.7. The van der Waals surface area contributed by atoms with Crippen LogP contribution in [0.3, 0.4) is 0 Å². The van der Waals surface area contributed by atoms with Crippen molar-refractivity contribution in [2.24, 2.45) is 0 Å². The zero-order chi connectivity index (χ0) is 20.2. The van der Waals surface area contributed by atoms with E-state index in [-0.39, 0.29) is 5.91 Å². The van der Waals surface area contributed by atoms with E-state index in [2.05, 4.69) is 52.0 Å². The molecule has 0 aliphatic carbocycles. The van der Waals surface area contributed by atoms with Crippen LogP contribution in [-0.2, 0) is 17.9 Å². The fourth-order valence-electron chi connectivity index (χ4n) is 3.76. The van der Waals surface area contributed by atoms with Gasteiger partial charge in [-0.2, -0.15) is 0 Å². The van der Waals surface area contributed by atoms with Gasteiger partial charge in [-0.25, -0.2) is 4.98 Å². The van der Waals surface area contributed by atoms with Crippen molar-refractivity contribution in [1.82, 2.24) is 19.7 Å². The Hall–Kier alpha value is -2.28. The molecule has 6 heteroatoms. The topological polar surface area (TPSA) is 39.7 Å². The Bertz CT molecular complexity index is 945. The summed E-state index contributed by atoms with van der Waals surface area (Å²) in [6.07, 6.45) is 0. The zero-order valence-electron chi connectivity index (χ0n) is 17.2. The number of fused-ring (bicyclic) bond motifs is 1. The van der Waals surface area contributed by atoms with Gasteiger partial charge in [-0.05, 0) is 24.6 Å². The number of amides is 1. The molecule has 1 fully saturated rings. The molecule has 1 aliphatic heterocycles. The summed E-state index contributed by atoms with van der Waals surface area (Å²) >= 11 is 1.67. The summed E-state index contributed by atoms with van der Waals surface area (Å²) in [7, 11) is 1.88.